The second-order valence-corrected chi connectivity index (χ2v) is 3.74. The van der Waals surface area contributed by atoms with Crippen LogP contribution in [0.15, 0.2) is 24.3 Å². The number of anilines is 2. The number of aromatic nitrogens is 1. The first-order valence-corrected chi connectivity index (χ1v) is 4.97. The molecule has 0 bridgehead atoms. The van der Waals surface area contributed by atoms with Crippen molar-refractivity contribution in [3.05, 3.63) is 29.4 Å². The molecule has 1 aromatic rings. The Morgan fingerprint density at radius 1 is 1.36 bits per heavy atom. The Labute approximate surface area is 88.0 Å². The average molecular weight is 210 g/mol. The number of hydrogen-bond acceptors (Lipinski definition) is 3. The predicted molar refractivity (Wildman–Crippen MR) is 59.4 cm³/mol. The predicted octanol–water partition coefficient (Wildman–Crippen LogP) is 2.45. The monoisotopic (exact) mass is 209 g/mol. The van der Waals surface area contributed by atoms with Crippen LogP contribution in [0.1, 0.15) is 12.8 Å². The molecule has 0 amide bonds. The van der Waals surface area contributed by atoms with Crippen molar-refractivity contribution >= 4 is 23.1 Å². The Balaban J connectivity index is 2.11. The zero-order chi connectivity index (χ0) is 9.97. The molecule has 0 radical (unpaired) electrons. The summed E-state index contributed by atoms with van der Waals surface area (Å²) in [4.78, 5) is 4.14. The van der Waals surface area contributed by atoms with Gasteiger partial charge in [0.2, 0.25) is 0 Å². The maximum atomic E-state index is 5.78. The van der Waals surface area contributed by atoms with Gasteiger partial charge in [0.25, 0.3) is 0 Å². The molecule has 3 N–H and O–H groups in total. The fourth-order valence-electron chi connectivity index (χ4n) is 1.49. The van der Waals surface area contributed by atoms with Crippen molar-refractivity contribution in [1.29, 1.82) is 0 Å². The van der Waals surface area contributed by atoms with Crippen LogP contribution in [-0.2, 0) is 0 Å². The van der Waals surface area contributed by atoms with Gasteiger partial charge in [-0.3, -0.25) is 0 Å². The summed E-state index contributed by atoms with van der Waals surface area (Å²) in [6.07, 6.45) is 6.35. The summed E-state index contributed by atoms with van der Waals surface area (Å²) in [7, 11) is 0. The number of nitrogens with two attached hydrogens (primary N) is 1. The molecule has 0 saturated heterocycles. The van der Waals surface area contributed by atoms with E-state index < -0.39 is 0 Å². The quantitative estimate of drug-likeness (QED) is 0.581. The van der Waals surface area contributed by atoms with Crippen LogP contribution in [0, 0.1) is 0 Å². The van der Waals surface area contributed by atoms with Gasteiger partial charge in [0.1, 0.15) is 5.15 Å². The Bertz CT molecular complexity index is 354. The van der Waals surface area contributed by atoms with Crippen LogP contribution in [0.4, 0.5) is 11.5 Å². The van der Waals surface area contributed by atoms with Gasteiger partial charge in [-0.05, 0) is 25.0 Å². The number of hydrogen-bond donors (Lipinski definition) is 2. The molecular weight excluding hydrogens is 198 g/mol. The smallest absolute Gasteiger partial charge is 0.151 e. The van der Waals surface area contributed by atoms with Gasteiger partial charge in [-0.2, -0.15) is 0 Å². The Hall–Kier alpha value is -1.22. The van der Waals surface area contributed by atoms with Gasteiger partial charge in [0.05, 0.1) is 5.69 Å². The van der Waals surface area contributed by atoms with Crippen molar-refractivity contribution in [2.24, 2.45) is 0 Å². The summed E-state index contributed by atoms with van der Waals surface area (Å²) in [6, 6.07) is 3.86. The van der Waals surface area contributed by atoms with Crippen molar-refractivity contribution in [3.8, 4) is 0 Å². The molecule has 0 unspecified atom stereocenters. The van der Waals surface area contributed by atoms with E-state index in [1.807, 2.05) is 0 Å². The molecule has 0 aromatic carbocycles. The summed E-state index contributed by atoms with van der Waals surface area (Å²) in [5.74, 6) is 0.686. The molecule has 4 heteroatoms. The van der Waals surface area contributed by atoms with E-state index in [-0.39, 0.29) is 0 Å². The number of nitrogens with one attached hydrogen (secondary N) is 1. The lowest BCUT2D eigenvalue weighted by Gasteiger charge is -2.14. The van der Waals surface area contributed by atoms with Crippen molar-refractivity contribution in [2.75, 3.05) is 11.1 Å². The van der Waals surface area contributed by atoms with Gasteiger partial charge in [0, 0.05) is 6.04 Å². The molecule has 3 nitrogen and oxygen atoms in total. The molecule has 0 atom stereocenters. The molecule has 0 saturated carbocycles. The van der Waals surface area contributed by atoms with Crippen molar-refractivity contribution in [2.45, 2.75) is 18.9 Å². The Morgan fingerprint density at radius 3 is 2.79 bits per heavy atom. The molecule has 1 aromatic heterocycles. The summed E-state index contributed by atoms with van der Waals surface area (Å²) in [5.41, 5.74) is 6.40. The lowest BCUT2D eigenvalue weighted by molar-refractivity contribution is 0.781. The highest BCUT2D eigenvalue weighted by molar-refractivity contribution is 6.29. The van der Waals surface area contributed by atoms with E-state index in [4.69, 9.17) is 17.3 Å². The standard InChI is InChI=1S/C10H12ClN3/c11-9-6-5-8(12)10(14-9)13-7-3-1-2-4-7/h1-2,5-7H,3-4,12H2,(H,13,14). The van der Waals surface area contributed by atoms with Gasteiger partial charge < -0.3 is 11.1 Å². The number of rotatable bonds is 2. The molecule has 0 fully saturated rings. The van der Waals surface area contributed by atoms with Crippen LogP contribution in [0.5, 0.6) is 0 Å². The molecule has 1 heterocycles. The van der Waals surface area contributed by atoms with E-state index in [0.717, 1.165) is 12.8 Å². The zero-order valence-electron chi connectivity index (χ0n) is 7.70. The molecular formula is C10H12ClN3. The molecule has 0 spiro atoms. The van der Waals surface area contributed by atoms with Crippen molar-refractivity contribution in [1.82, 2.24) is 4.98 Å². The fourth-order valence-corrected chi connectivity index (χ4v) is 1.64. The summed E-state index contributed by atoms with van der Waals surface area (Å²) in [5, 5.41) is 3.73. The summed E-state index contributed by atoms with van der Waals surface area (Å²) >= 11 is 5.78. The van der Waals surface area contributed by atoms with Crippen LogP contribution >= 0.6 is 11.6 Å². The van der Waals surface area contributed by atoms with Gasteiger partial charge in [-0.15, -0.1) is 0 Å². The molecule has 14 heavy (non-hydrogen) atoms. The first-order valence-electron chi connectivity index (χ1n) is 4.59. The third kappa shape index (κ3) is 1.99. The largest absolute Gasteiger partial charge is 0.396 e. The normalized spacial score (nSPS) is 16.1. The van der Waals surface area contributed by atoms with Crippen LogP contribution in [0.25, 0.3) is 0 Å². The highest BCUT2D eigenvalue weighted by atomic mass is 35.5. The van der Waals surface area contributed by atoms with Crippen LogP contribution in [-0.4, -0.2) is 11.0 Å². The molecule has 1 aliphatic carbocycles. The summed E-state index contributed by atoms with van der Waals surface area (Å²) < 4.78 is 0. The average Bonchev–Trinajstić information content (AvgIpc) is 2.64. The first-order chi connectivity index (χ1) is 6.75. The van der Waals surface area contributed by atoms with Crippen molar-refractivity contribution < 1.29 is 0 Å². The lowest BCUT2D eigenvalue weighted by Crippen LogP contribution is -2.17. The topological polar surface area (TPSA) is 50.9 Å². The minimum absolute atomic E-state index is 0.406. The highest BCUT2D eigenvalue weighted by Gasteiger charge is 2.11. The summed E-state index contributed by atoms with van der Waals surface area (Å²) in [6.45, 7) is 0. The van der Waals surface area contributed by atoms with Gasteiger partial charge in [-0.1, -0.05) is 23.8 Å². The minimum Gasteiger partial charge on any atom is -0.396 e. The van der Waals surface area contributed by atoms with E-state index in [2.05, 4.69) is 22.5 Å². The second-order valence-electron chi connectivity index (χ2n) is 3.36. The Morgan fingerprint density at radius 2 is 2.07 bits per heavy atom. The van der Waals surface area contributed by atoms with E-state index >= 15 is 0 Å². The third-order valence-electron chi connectivity index (χ3n) is 2.24. The lowest BCUT2D eigenvalue weighted by atomic mass is 10.2. The van der Waals surface area contributed by atoms with Crippen LogP contribution in [0.2, 0.25) is 5.15 Å². The van der Waals surface area contributed by atoms with Crippen LogP contribution in [0.3, 0.4) is 0 Å². The SMILES string of the molecule is Nc1ccc(Cl)nc1NC1CC=CC1. The van der Waals surface area contributed by atoms with Crippen LogP contribution < -0.4 is 11.1 Å². The van der Waals surface area contributed by atoms with Gasteiger partial charge in [-0.25, -0.2) is 4.98 Å². The number of halogens is 1. The van der Waals surface area contributed by atoms with E-state index in [9.17, 15) is 0 Å². The molecule has 0 aliphatic heterocycles. The molecule has 2 rings (SSSR count). The van der Waals surface area contributed by atoms with Gasteiger partial charge >= 0.3 is 0 Å². The zero-order valence-corrected chi connectivity index (χ0v) is 8.46. The second kappa shape index (κ2) is 3.88. The van der Waals surface area contributed by atoms with E-state index in [1.54, 1.807) is 12.1 Å². The Kier molecular flexibility index (Phi) is 2.59. The first kappa shape index (κ1) is 9.34. The third-order valence-corrected chi connectivity index (χ3v) is 2.45. The highest BCUT2D eigenvalue weighted by Crippen LogP contribution is 2.22. The minimum atomic E-state index is 0.406. The fraction of sp³-hybridized carbons (Fsp3) is 0.300. The van der Waals surface area contributed by atoms with Crippen molar-refractivity contribution in [3.63, 3.8) is 0 Å². The number of pyridine rings is 1. The molecule has 1 aliphatic rings. The van der Waals surface area contributed by atoms with Gasteiger partial charge in [0.15, 0.2) is 5.82 Å². The number of nitrogens with zero attached hydrogens (tertiary/aromatic N) is 1. The van der Waals surface area contributed by atoms with E-state index in [1.165, 1.54) is 0 Å². The van der Waals surface area contributed by atoms with E-state index in [0.29, 0.717) is 22.7 Å². The maximum Gasteiger partial charge on any atom is 0.151 e. The maximum absolute atomic E-state index is 5.78. The molecule has 74 valence electrons. The number of nitrogen functional groups attached to an aromatic ring is 1.